The highest BCUT2D eigenvalue weighted by atomic mass is 16.6. The van der Waals surface area contributed by atoms with Crippen molar-refractivity contribution in [2.24, 2.45) is 0 Å². The monoisotopic (exact) mass is 225 g/mol. The smallest absolute Gasteiger partial charge is 0.310 e. The maximum absolute atomic E-state index is 10.7. The van der Waals surface area contributed by atoms with E-state index in [0.29, 0.717) is 25.4 Å². The molecule has 1 aromatic rings. The van der Waals surface area contributed by atoms with E-state index in [0.717, 1.165) is 6.42 Å². The normalized spacial score (nSPS) is 10.1. The molecule has 88 valence electrons. The first-order chi connectivity index (χ1) is 7.75. The van der Waals surface area contributed by atoms with Gasteiger partial charge in [0.05, 0.1) is 4.92 Å². The van der Waals surface area contributed by atoms with Crippen LogP contribution in [0.25, 0.3) is 0 Å². The molecule has 0 radical (unpaired) electrons. The largest absolute Gasteiger partial charge is 0.382 e. The summed E-state index contributed by atoms with van der Waals surface area (Å²) in [5.41, 5.74) is 0.496. The Kier molecular flexibility index (Phi) is 5.21. The van der Waals surface area contributed by atoms with Gasteiger partial charge in [0.2, 0.25) is 0 Å². The molecule has 0 aliphatic heterocycles. The molecule has 0 saturated carbocycles. The lowest BCUT2D eigenvalue weighted by atomic mass is 10.3. The summed E-state index contributed by atoms with van der Waals surface area (Å²) in [6, 6.07) is 1.60. The molecule has 0 aromatic carbocycles. The zero-order valence-electron chi connectivity index (χ0n) is 9.18. The average molecular weight is 225 g/mol. The van der Waals surface area contributed by atoms with Crippen molar-refractivity contribution in [2.45, 2.75) is 13.3 Å². The lowest BCUT2D eigenvalue weighted by Gasteiger charge is -2.06. The van der Waals surface area contributed by atoms with Crippen LogP contribution in [0, 0.1) is 10.1 Å². The van der Waals surface area contributed by atoms with Crippen LogP contribution in [-0.2, 0) is 4.74 Å². The highest BCUT2D eigenvalue weighted by Crippen LogP contribution is 2.21. The van der Waals surface area contributed by atoms with Crippen LogP contribution in [0.5, 0.6) is 0 Å². The van der Waals surface area contributed by atoms with Crippen molar-refractivity contribution in [1.82, 2.24) is 4.98 Å². The number of rotatable bonds is 7. The maximum Gasteiger partial charge on any atom is 0.310 e. The predicted molar refractivity (Wildman–Crippen MR) is 60.5 cm³/mol. The number of nitrogens with zero attached hydrogens (tertiary/aromatic N) is 2. The third-order valence-electron chi connectivity index (χ3n) is 1.98. The van der Waals surface area contributed by atoms with Gasteiger partial charge in [0, 0.05) is 26.0 Å². The van der Waals surface area contributed by atoms with E-state index in [2.05, 4.69) is 10.3 Å². The molecule has 16 heavy (non-hydrogen) atoms. The van der Waals surface area contributed by atoms with E-state index in [1.807, 2.05) is 6.92 Å². The SMILES string of the molecule is CCOCCCNc1ccncc1[N+](=O)[O-]. The van der Waals surface area contributed by atoms with Gasteiger partial charge >= 0.3 is 5.69 Å². The van der Waals surface area contributed by atoms with Crippen LogP contribution in [0.2, 0.25) is 0 Å². The van der Waals surface area contributed by atoms with Gasteiger partial charge in [0.15, 0.2) is 0 Å². The molecule has 0 saturated heterocycles. The van der Waals surface area contributed by atoms with E-state index in [1.165, 1.54) is 12.4 Å². The Labute approximate surface area is 93.8 Å². The second-order valence-corrected chi connectivity index (χ2v) is 3.13. The summed E-state index contributed by atoms with van der Waals surface area (Å²) in [7, 11) is 0. The third-order valence-corrected chi connectivity index (χ3v) is 1.98. The van der Waals surface area contributed by atoms with E-state index >= 15 is 0 Å². The first kappa shape index (κ1) is 12.4. The zero-order chi connectivity index (χ0) is 11.8. The molecule has 0 bridgehead atoms. The van der Waals surface area contributed by atoms with Gasteiger partial charge in [-0.3, -0.25) is 15.1 Å². The van der Waals surface area contributed by atoms with Crippen molar-refractivity contribution in [3.63, 3.8) is 0 Å². The predicted octanol–water partition coefficient (Wildman–Crippen LogP) is 1.83. The van der Waals surface area contributed by atoms with Gasteiger partial charge in [-0.05, 0) is 19.4 Å². The topological polar surface area (TPSA) is 77.3 Å². The molecule has 0 aliphatic rings. The molecule has 6 nitrogen and oxygen atoms in total. The van der Waals surface area contributed by atoms with E-state index < -0.39 is 4.92 Å². The number of aromatic nitrogens is 1. The minimum Gasteiger partial charge on any atom is -0.382 e. The van der Waals surface area contributed by atoms with Gasteiger partial charge in [-0.1, -0.05) is 0 Å². The summed E-state index contributed by atoms with van der Waals surface area (Å²) < 4.78 is 5.16. The Morgan fingerprint density at radius 3 is 3.12 bits per heavy atom. The number of nitrogens with one attached hydrogen (secondary N) is 1. The molecule has 0 fully saturated rings. The van der Waals surface area contributed by atoms with Crippen molar-refractivity contribution in [3.8, 4) is 0 Å². The van der Waals surface area contributed by atoms with Gasteiger partial charge in [-0.25, -0.2) is 0 Å². The second kappa shape index (κ2) is 6.73. The van der Waals surface area contributed by atoms with E-state index in [-0.39, 0.29) is 5.69 Å². The van der Waals surface area contributed by atoms with Crippen LogP contribution in [-0.4, -0.2) is 29.7 Å². The highest BCUT2D eigenvalue weighted by Gasteiger charge is 2.11. The number of hydrogen-bond acceptors (Lipinski definition) is 5. The quantitative estimate of drug-likeness (QED) is 0.435. The highest BCUT2D eigenvalue weighted by molar-refractivity contribution is 5.59. The lowest BCUT2D eigenvalue weighted by molar-refractivity contribution is -0.384. The minimum absolute atomic E-state index is 0.00101. The molecule has 0 aliphatic carbocycles. The van der Waals surface area contributed by atoms with Crippen LogP contribution >= 0.6 is 0 Å². The van der Waals surface area contributed by atoms with Crippen molar-refractivity contribution >= 4 is 11.4 Å². The van der Waals surface area contributed by atoms with Crippen LogP contribution in [0.1, 0.15) is 13.3 Å². The van der Waals surface area contributed by atoms with Gasteiger partial charge in [-0.15, -0.1) is 0 Å². The fraction of sp³-hybridized carbons (Fsp3) is 0.500. The van der Waals surface area contributed by atoms with Gasteiger partial charge in [0.1, 0.15) is 11.9 Å². The van der Waals surface area contributed by atoms with Crippen molar-refractivity contribution in [3.05, 3.63) is 28.6 Å². The fourth-order valence-corrected chi connectivity index (χ4v) is 1.22. The average Bonchev–Trinajstić information content (AvgIpc) is 2.29. The lowest BCUT2D eigenvalue weighted by Crippen LogP contribution is -2.07. The first-order valence-corrected chi connectivity index (χ1v) is 5.15. The van der Waals surface area contributed by atoms with Crippen molar-refractivity contribution in [2.75, 3.05) is 25.1 Å². The third kappa shape index (κ3) is 3.82. The van der Waals surface area contributed by atoms with E-state index in [4.69, 9.17) is 4.74 Å². The molecule has 1 heterocycles. The summed E-state index contributed by atoms with van der Waals surface area (Å²) in [5, 5.41) is 13.6. The second-order valence-electron chi connectivity index (χ2n) is 3.13. The minimum atomic E-state index is -0.447. The van der Waals surface area contributed by atoms with E-state index in [1.54, 1.807) is 6.07 Å². The standard InChI is InChI=1S/C10H15N3O3/c1-2-16-7-3-5-12-9-4-6-11-8-10(9)13(14)15/h4,6,8H,2-3,5,7H2,1H3,(H,11,12). The van der Waals surface area contributed by atoms with Crippen LogP contribution in [0.15, 0.2) is 18.5 Å². The van der Waals surface area contributed by atoms with Crippen molar-refractivity contribution < 1.29 is 9.66 Å². The Balaban J connectivity index is 2.44. The number of anilines is 1. The van der Waals surface area contributed by atoms with Crippen LogP contribution in [0.4, 0.5) is 11.4 Å². The number of ether oxygens (including phenoxy) is 1. The Hall–Kier alpha value is -1.69. The summed E-state index contributed by atoms with van der Waals surface area (Å²) in [6.07, 6.45) is 3.58. The molecule has 1 rings (SSSR count). The summed E-state index contributed by atoms with van der Waals surface area (Å²) in [5.74, 6) is 0. The molecular weight excluding hydrogens is 210 g/mol. The summed E-state index contributed by atoms with van der Waals surface area (Å²) >= 11 is 0. The molecule has 1 N–H and O–H groups in total. The van der Waals surface area contributed by atoms with Gasteiger partial charge in [-0.2, -0.15) is 0 Å². The number of hydrogen-bond donors (Lipinski definition) is 1. The Bertz CT molecular complexity index is 344. The van der Waals surface area contributed by atoms with Crippen molar-refractivity contribution in [1.29, 1.82) is 0 Å². The molecule has 0 atom stereocenters. The summed E-state index contributed by atoms with van der Waals surface area (Å²) in [4.78, 5) is 13.9. The van der Waals surface area contributed by atoms with Crippen LogP contribution in [0.3, 0.4) is 0 Å². The fourth-order valence-electron chi connectivity index (χ4n) is 1.22. The maximum atomic E-state index is 10.7. The molecule has 0 unspecified atom stereocenters. The summed E-state index contributed by atoms with van der Waals surface area (Å²) in [6.45, 7) is 3.92. The van der Waals surface area contributed by atoms with Gasteiger partial charge < -0.3 is 10.1 Å². The molecule has 1 aromatic heterocycles. The first-order valence-electron chi connectivity index (χ1n) is 5.15. The zero-order valence-corrected chi connectivity index (χ0v) is 9.18. The van der Waals surface area contributed by atoms with Gasteiger partial charge in [0.25, 0.3) is 0 Å². The number of nitro groups is 1. The molecule has 0 amide bonds. The Morgan fingerprint density at radius 1 is 1.62 bits per heavy atom. The number of pyridine rings is 1. The molecule has 6 heteroatoms. The van der Waals surface area contributed by atoms with E-state index in [9.17, 15) is 10.1 Å². The molecule has 0 spiro atoms. The van der Waals surface area contributed by atoms with Crippen LogP contribution < -0.4 is 5.32 Å². The Morgan fingerprint density at radius 2 is 2.44 bits per heavy atom. The molecular formula is C10H15N3O3.